The molecular formula is C28H30FIN2O3. The van der Waals surface area contributed by atoms with E-state index in [1.165, 1.54) is 17.0 Å². The highest BCUT2D eigenvalue weighted by molar-refractivity contribution is 14.1. The second-order valence-corrected chi connectivity index (χ2v) is 10.6. The summed E-state index contributed by atoms with van der Waals surface area (Å²) >= 11 is 2.20. The van der Waals surface area contributed by atoms with Crippen molar-refractivity contribution in [3.8, 4) is 5.75 Å². The number of nitrogens with zero attached hydrogens (tertiary/aromatic N) is 1. The summed E-state index contributed by atoms with van der Waals surface area (Å²) in [5.41, 5.74) is 1.17. The summed E-state index contributed by atoms with van der Waals surface area (Å²) in [4.78, 5) is 28.5. The molecule has 1 N–H and O–H groups in total. The first kappa shape index (κ1) is 26.7. The van der Waals surface area contributed by atoms with Crippen LogP contribution in [0.1, 0.15) is 31.9 Å². The molecule has 0 aliphatic rings. The fourth-order valence-electron chi connectivity index (χ4n) is 3.55. The van der Waals surface area contributed by atoms with Gasteiger partial charge in [0.05, 0.1) is 0 Å². The Balaban J connectivity index is 1.91. The minimum absolute atomic E-state index is 0.143. The van der Waals surface area contributed by atoms with Gasteiger partial charge in [-0.05, 0) is 90.9 Å². The van der Waals surface area contributed by atoms with Crippen LogP contribution in [0.4, 0.5) is 4.39 Å². The van der Waals surface area contributed by atoms with E-state index in [1.54, 1.807) is 24.3 Å². The van der Waals surface area contributed by atoms with Gasteiger partial charge in [-0.2, -0.15) is 0 Å². The first-order valence-corrected chi connectivity index (χ1v) is 12.5. The molecule has 35 heavy (non-hydrogen) atoms. The maximum Gasteiger partial charge on any atom is 0.261 e. The Bertz CT molecular complexity index is 1110. The summed E-state index contributed by atoms with van der Waals surface area (Å²) in [6.45, 7) is 5.61. The van der Waals surface area contributed by atoms with Crippen LogP contribution >= 0.6 is 22.6 Å². The molecule has 0 bridgehead atoms. The molecule has 0 saturated carbocycles. The standard InChI is InChI=1S/C28H30FIN2O3/c1-28(2,3)31-27(34)25(17-20-7-5-4-6-8-20)32(18-21-9-11-22(29)12-10-21)26(33)19-35-24-15-13-23(30)14-16-24/h4-16,25H,17-19H2,1-3H3,(H,31,34). The van der Waals surface area contributed by atoms with Crippen molar-refractivity contribution in [2.75, 3.05) is 6.61 Å². The fraction of sp³-hybridized carbons (Fsp3) is 0.286. The molecule has 5 nitrogen and oxygen atoms in total. The number of nitrogens with one attached hydrogen (secondary N) is 1. The smallest absolute Gasteiger partial charge is 0.261 e. The van der Waals surface area contributed by atoms with Gasteiger partial charge in [0.15, 0.2) is 6.61 Å². The van der Waals surface area contributed by atoms with Crippen molar-refractivity contribution < 1.29 is 18.7 Å². The third-order valence-corrected chi connectivity index (χ3v) is 5.93. The summed E-state index contributed by atoms with van der Waals surface area (Å²) in [5, 5.41) is 3.02. The molecule has 0 aromatic heterocycles. The number of hydrogen-bond acceptors (Lipinski definition) is 3. The van der Waals surface area contributed by atoms with Crippen molar-refractivity contribution in [1.29, 1.82) is 0 Å². The van der Waals surface area contributed by atoms with Crippen LogP contribution in [0.5, 0.6) is 5.75 Å². The van der Waals surface area contributed by atoms with Crippen LogP contribution in [-0.4, -0.2) is 34.9 Å². The summed E-state index contributed by atoms with van der Waals surface area (Å²) in [7, 11) is 0. The van der Waals surface area contributed by atoms with E-state index in [1.807, 2.05) is 63.2 Å². The predicted octanol–water partition coefficient (Wildman–Crippen LogP) is 5.36. The minimum Gasteiger partial charge on any atom is -0.484 e. The molecule has 0 fully saturated rings. The molecule has 3 aromatic carbocycles. The largest absolute Gasteiger partial charge is 0.484 e. The number of amides is 2. The van der Waals surface area contributed by atoms with Crippen LogP contribution < -0.4 is 10.1 Å². The maximum atomic E-state index is 13.5. The molecule has 184 valence electrons. The average Bonchev–Trinajstić information content (AvgIpc) is 2.81. The highest BCUT2D eigenvalue weighted by Gasteiger charge is 2.32. The average molecular weight is 588 g/mol. The Hall–Kier alpha value is -2.94. The van der Waals surface area contributed by atoms with Crippen molar-refractivity contribution in [2.24, 2.45) is 0 Å². The lowest BCUT2D eigenvalue weighted by molar-refractivity contribution is -0.143. The summed E-state index contributed by atoms with van der Waals surface area (Å²) in [5.74, 6) is -0.386. The molecule has 0 radical (unpaired) electrons. The van der Waals surface area contributed by atoms with Gasteiger partial charge in [-0.1, -0.05) is 42.5 Å². The van der Waals surface area contributed by atoms with E-state index < -0.39 is 11.6 Å². The van der Waals surface area contributed by atoms with E-state index in [2.05, 4.69) is 27.9 Å². The van der Waals surface area contributed by atoms with E-state index in [0.29, 0.717) is 12.2 Å². The number of carbonyl (C=O) groups excluding carboxylic acids is 2. The quantitative estimate of drug-likeness (QED) is 0.343. The lowest BCUT2D eigenvalue weighted by Gasteiger charge is -2.33. The zero-order valence-corrected chi connectivity index (χ0v) is 22.3. The van der Waals surface area contributed by atoms with E-state index in [4.69, 9.17) is 4.74 Å². The van der Waals surface area contributed by atoms with Crippen LogP contribution in [0, 0.1) is 9.39 Å². The lowest BCUT2D eigenvalue weighted by Crippen LogP contribution is -2.55. The molecule has 2 amide bonds. The van der Waals surface area contributed by atoms with Crippen molar-refractivity contribution in [3.63, 3.8) is 0 Å². The Morgan fingerprint density at radius 3 is 2.17 bits per heavy atom. The summed E-state index contributed by atoms with van der Waals surface area (Å²) in [6, 6.07) is 22.1. The minimum atomic E-state index is -0.783. The van der Waals surface area contributed by atoms with Crippen molar-refractivity contribution in [2.45, 2.75) is 45.3 Å². The molecule has 7 heteroatoms. The zero-order valence-electron chi connectivity index (χ0n) is 20.1. The van der Waals surface area contributed by atoms with Crippen molar-refractivity contribution >= 4 is 34.4 Å². The molecule has 0 heterocycles. The zero-order chi connectivity index (χ0) is 25.4. The number of benzene rings is 3. The van der Waals surface area contributed by atoms with Crippen LogP contribution in [0.2, 0.25) is 0 Å². The second-order valence-electron chi connectivity index (χ2n) is 9.34. The van der Waals surface area contributed by atoms with Crippen LogP contribution in [-0.2, 0) is 22.6 Å². The Morgan fingerprint density at radius 2 is 1.57 bits per heavy atom. The summed E-state index contributed by atoms with van der Waals surface area (Å²) < 4.78 is 20.3. The number of halogens is 2. The first-order valence-electron chi connectivity index (χ1n) is 11.4. The first-order chi connectivity index (χ1) is 16.6. The third-order valence-electron chi connectivity index (χ3n) is 5.21. The highest BCUT2D eigenvalue weighted by Crippen LogP contribution is 2.18. The molecule has 3 rings (SSSR count). The predicted molar refractivity (Wildman–Crippen MR) is 143 cm³/mol. The molecular weight excluding hydrogens is 558 g/mol. The van der Waals surface area contributed by atoms with Gasteiger partial charge in [0.2, 0.25) is 5.91 Å². The van der Waals surface area contributed by atoms with E-state index >= 15 is 0 Å². The van der Waals surface area contributed by atoms with Crippen LogP contribution in [0.3, 0.4) is 0 Å². The highest BCUT2D eigenvalue weighted by atomic mass is 127. The monoisotopic (exact) mass is 588 g/mol. The van der Waals surface area contributed by atoms with Gasteiger partial charge < -0.3 is 15.0 Å². The molecule has 1 atom stereocenters. The molecule has 3 aromatic rings. The number of rotatable bonds is 9. The third kappa shape index (κ3) is 8.65. The van der Waals surface area contributed by atoms with Gasteiger partial charge >= 0.3 is 0 Å². The van der Waals surface area contributed by atoms with Gasteiger partial charge in [0.1, 0.15) is 17.6 Å². The van der Waals surface area contributed by atoms with Gasteiger partial charge in [-0.15, -0.1) is 0 Å². The van der Waals surface area contributed by atoms with E-state index in [-0.39, 0.29) is 30.8 Å². The normalized spacial score (nSPS) is 12.0. The molecule has 0 saturated heterocycles. The Morgan fingerprint density at radius 1 is 0.943 bits per heavy atom. The number of carbonyl (C=O) groups is 2. The Kier molecular flexibility index (Phi) is 9.26. The van der Waals surface area contributed by atoms with Crippen molar-refractivity contribution in [1.82, 2.24) is 10.2 Å². The summed E-state index contributed by atoms with van der Waals surface area (Å²) in [6.07, 6.45) is 0.333. The van der Waals surface area contributed by atoms with Gasteiger partial charge in [-0.3, -0.25) is 9.59 Å². The van der Waals surface area contributed by atoms with Crippen LogP contribution in [0.15, 0.2) is 78.9 Å². The van der Waals surface area contributed by atoms with E-state index in [0.717, 1.165) is 14.7 Å². The van der Waals surface area contributed by atoms with Crippen LogP contribution in [0.25, 0.3) is 0 Å². The van der Waals surface area contributed by atoms with Crippen molar-refractivity contribution in [3.05, 3.63) is 99.4 Å². The molecule has 0 spiro atoms. The van der Waals surface area contributed by atoms with Gasteiger partial charge in [0, 0.05) is 22.1 Å². The Labute approximate surface area is 219 Å². The topological polar surface area (TPSA) is 58.6 Å². The lowest BCUT2D eigenvalue weighted by atomic mass is 10.0. The molecule has 1 unspecified atom stereocenters. The number of hydrogen-bond donors (Lipinski definition) is 1. The SMILES string of the molecule is CC(C)(C)NC(=O)C(Cc1ccccc1)N(Cc1ccc(F)cc1)C(=O)COc1ccc(I)cc1. The van der Waals surface area contributed by atoms with Gasteiger partial charge in [0.25, 0.3) is 5.91 Å². The maximum absolute atomic E-state index is 13.5. The van der Waals surface area contributed by atoms with Gasteiger partial charge in [-0.25, -0.2) is 4.39 Å². The van der Waals surface area contributed by atoms with E-state index in [9.17, 15) is 14.0 Å². The molecule has 0 aliphatic heterocycles. The number of ether oxygens (including phenoxy) is 1. The molecule has 0 aliphatic carbocycles. The fourth-order valence-corrected chi connectivity index (χ4v) is 3.91. The second kappa shape index (κ2) is 12.2.